The third-order valence-electron chi connectivity index (χ3n) is 4.07. The van der Waals surface area contributed by atoms with E-state index >= 15 is 0 Å². The van der Waals surface area contributed by atoms with Crippen molar-refractivity contribution in [2.45, 2.75) is 37.9 Å². The first-order chi connectivity index (χ1) is 10.1. The summed E-state index contributed by atoms with van der Waals surface area (Å²) in [5.41, 5.74) is -1.42. The molecule has 1 aliphatic carbocycles. The minimum Gasteiger partial charge on any atom is -0.348 e. The van der Waals surface area contributed by atoms with Crippen LogP contribution in [0.2, 0.25) is 0 Å². The molecule has 1 aromatic rings. The largest absolute Gasteiger partial charge is 0.391 e. The van der Waals surface area contributed by atoms with Crippen molar-refractivity contribution in [3.63, 3.8) is 0 Å². The molecule has 0 amide bonds. The molecule has 6 nitrogen and oxygen atoms in total. The second kappa shape index (κ2) is 5.77. The molecule has 9 heteroatoms. The molecule has 0 radical (unpaired) electrons. The van der Waals surface area contributed by atoms with Crippen LogP contribution in [-0.4, -0.2) is 34.4 Å². The van der Waals surface area contributed by atoms with Gasteiger partial charge in [-0.15, -0.1) is 0 Å². The van der Waals surface area contributed by atoms with Gasteiger partial charge in [0, 0.05) is 27.2 Å². The van der Waals surface area contributed by atoms with Crippen molar-refractivity contribution in [2.75, 3.05) is 19.0 Å². The summed E-state index contributed by atoms with van der Waals surface area (Å²) in [5.74, 6) is -1.30. The van der Waals surface area contributed by atoms with Gasteiger partial charge in [0.05, 0.1) is 5.92 Å². The Bertz CT molecular complexity index is 663. The van der Waals surface area contributed by atoms with Gasteiger partial charge in [0.25, 0.3) is 0 Å². The summed E-state index contributed by atoms with van der Waals surface area (Å²) in [6.45, 7) is 0. The van der Waals surface area contributed by atoms with E-state index in [1.807, 2.05) is 0 Å². The van der Waals surface area contributed by atoms with Crippen molar-refractivity contribution in [1.82, 2.24) is 14.1 Å². The second-order valence-electron chi connectivity index (χ2n) is 5.86. The van der Waals surface area contributed by atoms with E-state index in [0.29, 0.717) is 12.8 Å². The summed E-state index contributed by atoms with van der Waals surface area (Å²) in [7, 11) is 4.71. The van der Waals surface area contributed by atoms with Crippen molar-refractivity contribution < 1.29 is 13.2 Å². The standard InChI is InChI=1S/C13H19F3N4O2/c1-18(2)10-17-11(21)20(12(22)19(10)3)9-6-4-5-8(7-9)13(14,15)16/h8-9H,4-7H2,1-3H3. The van der Waals surface area contributed by atoms with E-state index in [1.54, 1.807) is 14.1 Å². The van der Waals surface area contributed by atoms with Crippen molar-refractivity contribution in [3.05, 3.63) is 21.0 Å². The van der Waals surface area contributed by atoms with Crippen molar-refractivity contribution in [1.29, 1.82) is 0 Å². The molecule has 1 aromatic heterocycles. The Kier molecular flexibility index (Phi) is 4.35. The first-order valence-corrected chi connectivity index (χ1v) is 7.06. The maximum absolute atomic E-state index is 12.9. The molecule has 1 aliphatic rings. The molecule has 1 fully saturated rings. The van der Waals surface area contributed by atoms with E-state index in [4.69, 9.17) is 0 Å². The van der Waals surface area contributed by atoms with E-state index in [1.165, 1.54) is 16.5 Å². The highest BCUT2D eigenvalue weighted by atomic mass is 19.4. The third kappa shape index (κ3) is 3.02. The van der Waals surface area contributed by atoms with Crippen LogP contribution in [0.25, 0.3) is 0 Å². The summed E-state index contributed by atoms with van der Waals surface area (Å²) in [6.07, 6.45) is -3.80. The number of rotatable bonds is 2. The minimum atomic E-state index is -4.30. The van der Waals surface area contributed by atoms with Gasteiger partial charge in [-0.05, 0) is 19.3 Å². The lowest BCUT2D eigenvalue weighted by molar-refractivity contribution is -0.185. The fraction of sp³-hybridized carbons (Fsp3) is 0.769. The maximum Gasteiger partial charge on any atom is 0.391 e. The van der Waals surface area contributed by atoms with Gasteiger partial charge in [0.2, 0.25) is 5.95 Å². The molecule has 1 heterocycles. The number of nitrogens with zero attached hydrogens (tertiary/aromatic N) is 4. The SMILES string of the molecule is CN(C)c1nc(=O)n(C2CCCC(C(F)(F)F)C2)c(=O)n1C. The zero-order valence-electron chi connectivity index (χ0n) is 12.7. The minimum absolute atomic E-state index is 0.0400. The van der Waals surface area contributed by atoms with Gasteiger partial charge < -0.3 is 4.90 Å². The number of hydrogen-bond acceptors (Lipinski definition) is 4. The molecule has 1 saturated carbocycles. The third-order valence-corrected chi connectivity index (χ3v) is 4.07. The van der Waals surface area contributed by atoms with E-state index < -0.39 is 29.5 Å². The molecule has 124 valence electrons. The predicted molar refractivity (Wildman–Crippen MR) is 75.1 cm³/mol. The highest BCUT2D eigenvalue weighted by molar-refractivity contribution is 5.25. The summed E-state index contributed by atoms with van der Waals surface area (Å²) >= 11 is 0. The average molecular weight is 320 g/mol. The van der Waals surface area contributed by atoms with Crippen LogP contribution in [0.3, 0.4) is 0 Å². The highest BCUT2D eigenvalue weighted by Crippen LogP contribution is 2.40. The average Bonchev–Trinajstić information content (AvgIpc) is 2.42. The van der Waals surface area contributed by atoms with Crippen molar-refractivity contribution >= 4 is 5.95 Å². The smallest absolute Gasteiger partial charge is 0.348 e. The molecule has 0 aromatic carbocycles. The molecule has 0 spiro atoms. The topological polar surface area (TPSA) is 60.1 Å². The monoisotopic (exact) mass is 320 g/mol. The fourth-order valence-corrected chi connectivity index (χ4v) is 2.95. The van der Waals surface area contributed by atoms with Crippen LogP contribution >= 0.6 is 0 Å². The molecular formula is C13H19F3N4O2. The molecule has 22 heavy (non-hydrogen) atoms. The van der Waals surface area contributed by atoms with Crippen molar-refractivity contribution in [3.8, 4) is 0 Å². The summed E-state index contributed by atoms with van der Waals surface area (Å²) < 4.78 is 40.7. The van der Waals surface area contributed by atoms with E-state index in [-0.39, 0.29) is 18.8 Å². The number of halogens is 3. The molecule has 0 saturated heterocycles. The van der Waals surface area contributed by atoms with Gasteiger partial charge in [-0.2, -0.15) is 18.2 Å². The Morgan fingerprint density at radius 2 is 1.86 bits per heavy atom. The zero-order chi connectivity index (χ0) is 16.7. The van der Waals surface area contributed by atoms with Gasteiger partial charge in [-0.1, -0.05) is 6.42 Å². The van der Waals surface area contributed by atoms with Crippen LogP contribution in [0.4, 0.5) is 19.1 Å². The molecule has 0 bridgehead atoms. The van der Waals surface area contributed by atoms with Crippen LogP contribution in [0.1, 0.15) is 31.7 Å². The lowest BCUT2D eigenvalue weighted by Gasteiger charge is -2.31. The molecule has 2 unspecified atom stereocenters. The van der Waals surface area contributed by atoms with Crippen LogP contribution < -0.4 is 16.3 Å². The van der Waals surface area contributed by atoms with Gasteiger partial charge in [0.15, 0.2) is 0 Å². The first kappa shape index (κ1) is 16.6. The summed E-state index contributed by atoms with van der Waals surface area (Å²) in [6, 6.07) is -0.754. The molecular weight excluding hydrogens is 301 g/mol. The van der Waals surface area contributed by atoms with E-state index in [0.717, 1.165) is 4.57 Å². The van der Waals surface area contributed by atoms with Gasteiger partial charge in [0.1, 0.15) is 0 Å². The zero-order valence-corrected chi connectivity index (χ0v) is 12.7. The Balaban J connectivity index is 2.43. The molecule has 2 rings (SSSR count). The number of alkyl halides is 3. The lowest BCUT2D eigenvalue weighted by atomic mass is 9.85. The van der Waals surface area contributed by atoms with Gasteiger partial charge in [-0.3, -0.25) is 4.57 Å². The Labute approximate surface area is 125 Å². The first-order valence-electron chi connectivity index (χ1n) is 7.06. The summed E-state index contributed by atoms with van der Waals surface area (Å²) in [5, 5.41) is 0. The van der Waals surface area contributed by atoms with E-state index in [2.05, 4.69) is 4.98 Å². The van der Waals surface area contributed by atoms with Gasteiger partial charge in [-0.25, -0.2) is 14.2 Å². The molecule has 2 atom stereocenters. The van der Waals surface area contributed by atoms with Crippen molar-refractivity contribution in [2.24, 2.45) is 13.0 Å². The Hall–Kier alpha value is -1.80. The van der Waals surface area contributed by atoms with Crippen LogP contribution in [0.15, 0.2) is 9.59 Å². The normalized spacial score (nSPS) is 22.6. The number of hydrogen-bond donors (Lipinski definition) is 0. The fourth-order valence-electron chi connectivity index (χ4n) is 2.95. The van der Waals surface area contributed by atoms with Crippen LogP contribution in [0.5, 0.6) is 0 Å². The quantitative estimate of drug-likeness (QED) is 0.824. The van der Waals surface area contributed by atoms with Crippen LogP contribution in [0, 0.1) is 5.92 Å². The molecule has 0 N–H and O–H groups in total. The van der Waals surface area contributed by atoms with E-state index in [9.17, 15) is 22.8 Å². The number of anilines is 1. The number of aromatic nitrogens is 3. The summed E-state index contributed by atoms with van der Waals surface area (Å²) in [4.78, 5) is 29.8. The second-order valence-corrected chi connectivity index (χ2v) is 5.86. The Morgan fingerprint density at radius 1 is 1.23 bits per heavy atom. The highest BCUT2D eigenvalue weighted by Gasteiger charge is 2.43. The van der Waals surface area contributed by atoms with Crippen LogP contribution in [-0.2, 0) is 7.05 Å². The predicted octanol–water partition coefficient (Wildman–Crippen LogP) is 1.30. The van der Waals surface area contributed by atoms with Gasteiger partial charge >= 0.3 is 17.6 Å². The Morgan fingerprint density at radius 3 is 2.41 bits per heavy atom. The maximum atomic E-state index is 12.9. The molecule has 0 aliphatic heterocycles. The lowest BCUT2D eigenvalue weighted by Crippen LogP contribution is -2.46.